The number of imidazole rings is 1. The molecule has 3 nitrogen and oxygen atoms in total. The zero-order valence-electron chi connectivity index (χ0n) is 9.92. The second-order valence-corrected chi connectivity index (χ2v) is 4.87. The van der Waals surface area contributed by atoms with Gasteiger partial charge in [0.25, 0.3) is 0 Å². The summed E-state index contributed by atoms with van der Waals surface area (Å²) in [5, 5.41) is 0.0318. The summed E-state index contributed by atoms with van der Waals surface area (Å²) in [4.78, 5) is 16.6. The van der Waals surface area contributed by atoms with Crippen molar-refractivity contribution in [3.05, 3.63) is 34.2 Å². The lowest BCUT2D eigenvalue weighted by Gasteiger charge is -2.09. The van der Waals surface area contributed by atoms with Gasteiger partial charge in [-0.1, -0.05) is 32.3 Å². The summed E-state index contributed by atoms with van der Waals surface area (Å²) in [5.41, 5.74) is 2.56. The van der Waals surface area contributed by atoms with E-state index < -0.39 is 0 Å². The van der Waals surface area contributed by atoms with Gasteiger partial charge in [-0.15, -0.1) is 11.6 Å². The van der Waals surface area contributed by atoms with E-state index in [1.807, 2.05) is 18.2 Å². The van der Waals surface area contributed by atoms with E-state index in [9.17, 15) is 4.79 Å². The summed E-state index contributed by atoms with van der Waals surface area (Å²) in [6, 6.07) is 5.84. The fourth-order valence-corrected chi connectivity index (χ4v) is 2.28. The molecule has 1 heterocycles. The first-order valence-corrected chi connectivity index (χ1v) is 6.50. The Morgan fingerprint density at radius 3 is 2.76 bits per heavy atom. The monoisotopic (exact) mass is 252 g/mol. The Balaban J connectivity index is 2.14. The Hall–Kier alpha value is -1.22. The van der Waals surface area contributed by atoms with Crippen LogP contribution in [0.5, 0.6) is 0 Å². The molecular formula is C13H17ClN2O. The molecule has 0 saturated heterocycles. The van der Waals surface area contributed by atoms with Crippen LogP contribution in [0, 0.1) is 0 Å². The van der Waals surface area contributed by atoms with E-state index >= 15 is 0 Å². The first-order valence-electron chi connectivity index (χ1n) is 6.06. The summed E-state index contributed by atoms with van der Waals surface area (Å²) in [5.74, 6) is 0. The molecule has 4 heteroatoms. The molecule has 92 valence electrons. The van der Waals surface area contributed by atoms with Crippen molar-refractivity contribution in [3.63, 3.8) is 0 Å². The van der Waals surface area contributed by atoms with E-state index in [1.54, 1.807) is 0 Å². The van der Waals surface area contributed by atoms with Crippen LogP contribution in [0.15, 0.2) is 23.0 Å². The maximum Gasteiger partial charge on any atom is 0.323 e. The van der Waals surface area contributed by atoms with Crippen LogP contribution in [0.3, 0.4) is 0 Å². The average Bonchev–Trinajstić information content (AvgIpc) is 2.68. The van der Waals surface area contributed by atoms with Gasteiger partial charge in [0, 0.05) is 0 Å². The number of aromatic nitrogens is 2. The molecule has 1 aromatic carbocycles. The van der Waals surface area contributed by atoms with Crippen molar-refractivity contribution in [2.75, 3.05) is 0 Å². The summed E-state index contributed by atoms with van der Waals surface area (Å²) in [6.45, 7) is 2.18. The maximum absolute atomic E-state index is 11.1. The van der Waals surface area contributed by atoms with Crippen LogP contribution < -0.4 is 5.69 Å². The fraction of sp³-hybridized carbons (Fsp3) is 0.462. The largest absolute Gasteiger partial charge is 0.323 e. The number of hydrogen-bond donors (Lipinski definition) is 2. The lowest BCUT2D eigenvalue weighted by atomic mass is 10.1. The highest BCUT2D eigenvalue weighted by molar-refractivity contribution is 6.20. The van der Waals surface area contributed by atoms with E-state index in [1.165, 1.54) is 12.8 Å². The van der Waals surface area contributed by atoms with E-state index in [4.69, 9.17) is 11.6 Å². The van der Waals surface area contributed by atoms with Crippen LogP contribution in [0.4, 0.5) is 0 Å². The zero-order valence-corrected chi connectivity index (χ0v) is 10.7. The van der Waals surface area contributed by atoms with Crippen LogP contribution in [0.25, 0.3) is 11.0 Å². The highest BCUT2D eigenvalue weighted by Gasteiger charge is 2.09. The second kappa shape index (κ2) is 5.41. The lowest BCUT2D eigenvalue weighted by Crippen LogP contribution is -1.99. The van der Waals surface area contributed by atoms with Crippen molar-refractivity contribution in [1.29, 1.82) is 0 Å². The summed E-state index contributed by atoms with van der Waals surface area (Å²) in [7, 11) is 0. The highest BCUT2D eigenvalue weighted by Crippen LogP contribution is 2.27. The standard InChI is InChI=1S/C13H17ClN2O/c1-2-3-4-5-10(14)9-6-7-11-12(8-9)16-13(17)15-11/h6-8,10H,2-5H2,1H3,(H2,15,16,17). The average molecular weight is 253 g/mol. The van der Waals surface area contributed by atoms with Gasteiger partial charge in [-0.05, 0) is 24.1 Å². The number of H-pyrrole nitrogens is 2. The predicted octanol–water partition coefficient (Wildman–Crippen LogP) is 3.72. The van der Waals surface area contributed by atoms with Crippen LogP contribution in [0.2, 0.25) is 0 Å². The van der Waals surface area contributed by atoms with Gasteiger partial charge in [0.1, 0.15) is 0 Å². The second-order valence-electron chi connectivity index (χ2n) is 4.35. The van der Waals surface area contributed by atoms with Crippen LogP contribution in [0.1, 0.15) is 43.5 Å². The predicted molar refractivity (Wildman–Crippen MR) is 71.7 cm³/mol. The van der Waals surface area contributed by atoms with Crippen molar-refractivity contribution in [3.8, 4) is 0 Å². The minimum Gasteiger partial charge on any atom is -0.306 e. The Kier molecular flexibility index (Phi) is 3.89. The van der Waals surface area contributed by atoms with Crippen molar-refractivity contribution < 1.29 is 0 Å². The Morgan fingerprint density at radius 1 is 1.24 bits per heavy atom. The van der Waals surface area contributed by atoms with Crippen LogP contribution in [-0.2, 0) is 0 Å². The smallest absolute Gasteiger partial charge is 0.306 e. The molecule has 0 saturated carbocycles. The number of unbranched alkanes of at least 4 members (excludes halogenated alkanes) is 2. The third kappa shape index (κ3) is 2.91. The molecule has 1 atom stereocenters. The van der Waals surface area contributed by atoms with Crippen molar-refractivity contribution in [2.45, 2.75) is 38.0 Å². The highest BCUT2D eigenvalue weighted by atomic mass is 35.5. The molecule has 2 rings (SSSR count). The molecule has 0 amide bonds. The van der Waals surface area contributed by atoms with Crippen molar-refractivity contribution in [1.82, 2.24) is 9.97 Å². The van der Waals surface area contributed by atoms with Crippen molar-refractivity contribution >= 4 is 22.6 Å². The summed E-state index contributed by atoms with van der Waals surface area (Å²) < 4.78 is 0. The number of alkyl halides is 1. The molecule has 1 unspecified atom stereocenters. The molecule has 0 spiro atoms. The van der Waals surface area contributed by atoms with Gasteiger partial charge in [-0.3, -0.25) is 0 Å². The first kappa shape index (κ1) is 12.2. The number of benzene rings is 1. The normalized spacial score (nSPS) is 13.1. The number of nitrogens with one attached hydrogen (secondary N) is 2. The Morgan fingerprint density at radius 2 is 2.00 bits per heavy atom. The Bertz CT molecular complexity index is 544. The number of hydrogen-bond acceptors (Lipinski definition) is 1. The van der Waals surface area contributed by atoms with Crippen molar-refractivity contribution in [2.24, 2.45) is 0 Å². The number of halogens is 1. The summed E-state index contributed by atoms with van der Waals surface area (Å²) >= 11 is 6.35. The summed E-state index contributed by atoms with van der Waals surface area (Å²) in [6.07, 6.45) is 4.54. The third-order valence-corrected chi connectivity index (χ3v) is 3.43. The van der Waals surface area contributed by atoms with E-state index in [2.05, 4.69) is 16.9 Å². The Labute approximate surface area is 105 Å². The number of fused-ring (bicyclic) bond motifs is 1. The molecule has 17 heavy (non-hydrogen) atoms. The SMILES string of the molecule is CCCCCC(Cl)c1ccc2[nH]c(=O)[nH]c2c1. The number of aromatic amines is 2. The van der Waals surface area contributed by atoms with E-state index in [-0.39, 0.29) is 11.1 Å². The minimum atomic E-state index is -0.172. The first-order chi connectivity index (χ1) is 8.20. The lowest BCUT2D eigenvalue weighted by molar-refractivity contribution is 0.655. The molecule has 2 aromatic rings. The molecule has 2 N–H and O–H groups in total. The molecule has 0 aliphatic heterocycles. The molecule has 0 aliphatic carbocycles. The maximum atomic E-state index is 11.1. The van der Waals surface area contributed by atoms with Gasteiger partial charge >= 0.3 is 5.69 Å². The quantitative estimate of drug-likeness (QED) is 0.618. The zero-order chi connectivity index (χ0) is 12.3. The van der Waals surface area contributed by atoms with Gasteiger partial charge in [0.15, 0.2) is 0 Å². The van der Waals surface area contributed by atoms with Gasteiger partial charge < -0.3 is 9.97 Å². The molecular weight excluding hydrogens is 236 g/mol. The topological polar surface area (TPSA) is 48.6 Å². The van der Waals surface area contributed by atoms with Gasteiger partial charge in [0.2, 0.25) is 0 Å². The van der Waals surface area contributed by atoms with E-state index in [0.29, 0.717) is 0 Å². The molecule has 0 fully saturated rings. The minimum absolute atomic E-state index is 0.0318. The molecule has 0 radical (unpaired) electrons. The molecule has 1 aromatic heterocycles. The molecule has 0 bridgehead atoms. The van der Waals surface area contributed by atoms with Crippen LogP contribution in [-0.4, -0.2) is 9.97 Å². The van der Waals surface area contributed by atoms with Gasteiger partial charge in [-0.25, -0.2) is 4.79 Å². The molecule has 0 aliphatic rings. The van der Waals surface area contributed by atoms with Crippen LogP contribution >= 0.6 is 11.6 Å². The fourth-order valence-electron chi connectivity index (χ4n) is 1.99. The van der Waals surface area contributed by atoms with E-state index in [0.717, 1.165) is 29.4 Å². The third-order valence-electron chi connectivity index (χ3n) is 2.96. The van der Waals surface area contributed by atoms with Gasteiger partial charge in [-0.2, -0.15) is 0 Å². The number of rotatable bonds is 5. The van der Waals surface area contributed by atoms with Gasteiger partial charge in [0.05, 0.1) is 16.4 Å².